The zero-order chi connectivity index (χ0) is 14.6. The second-order valence-corrected chi connectivity index (χ2v) is 3.77. The minimum Gasteiger partial charge on any atom is -0.406 e. The first kappa shape index (κ1) is 14.0. The highest BCUT2D eigenvalue weighted by atomic mass is 19.4. The molecule has 0 saturated carbocycles. The maximum absolute atomic E-state index is 13.2. The topological polar surface area (TPSA) is 47.0 Å². The van der Waals surface area contributed by atoms with Gasteiger partial charge in [-0.3, -0.25) is 0 Å². The number of halogens is 4. The van der Waals surface area contributed by atoms with E-state index < -0.39 is 17.9 Å². The molecule has 0 unspecified atom stereocenters. The third-order valence-electron chi connectivity index (χ3n) is 2.18. The summed E-state index contributed by atoms with van der Waals surface area (Å²) < 4.78 is 53.1. The summed E-state index contributed by atoms with van der Waals surface area (Å²) in [5, 5.41) is 2.75. The van der Waals surface area contributed by atoms with Crippen molar-refractivity contribution in [3.8, 4) is 5.75 Å². The van der Waals surface area contributed by atoms with Crippen LogP contribution in [0.4, 0.5) is 23.5 Å². The van der Waals surface area contributed by atoms with E-state index in [0.29, 0.717) is 6.07 Å². The van der Waals surface area contributed by atoms with E-state index in [9.17, 15) is 17.6 Å². The van der Waals surface area contributed by atoms with Crippen molar-refractivity contribution in [3.05, 3.63) is 48.0 Å². The Balaban J connectivity index is 2.08. The van der Waals surface area contributed by atoms with Crippen molar-refractivity contribution in [1.82, 2.24) is 9.97 Å². The SMILES string of the molecule is Fc1cc(CNc2ncccn2)cc(OC(F)(F)F)c1. The van der Waals surface area contributed by atoms with E-state index >= 15 is 0 Å². The zero-order valence-electron chi connectivity index (χ0n) is 9.99. The highest BCUT2D eigenvalue weighted by molar-refractivity contribution is 5.33. The van der Waals surface area contributed by atoms with E-state index in [2.05, 4.69) is 20.0 Å². The molecule has 2 rings (SSSR count). The minimum absolute atomic E-state index is 0.0655. The number of nitrogens with one attached hydrogen (secondary N) is 1. The summed E-state index contributed by atoms with van der Waals surface area (Å²) in [4.78, 5) is 7.74. The molecule has 0 spiro atoms. The second kappa shape index (κ2) is 5.72. The molecule has 0 atom stereocenters. The van der Waals surface area contributed by atoms with E-state index in [1.54, 1.807) is 6.07 Å². The zero-order valence-corrected chi connectivity index (χ0v) is 9.99. The predicted molar refractivity (Wildman–Crippen MR) is 62.4 cm³/mol. The quantitative estimate of drug-likeness (QED) is 0.878. The van der Waals surface area contributed by atoms with Gasteiger partial charge in [-0.05, 0) is 23.8 Å². The average Bonchev–Trinajstić information content (AvgIpc) is 2.35. The largest absolute Gasteiger partial charge is 0.573 e. The van der Waals surface area contributed by atoms with Crippen LogP contribution in [0.1, 0.15) is 5.56 Å². The Labute approximate surface area is 111 Å². The Morgan fingerprint density at radius 2 is 1.80 bits per heavy atom. The number of rotatable bonds is 4. The summed E-state index contributed by atoms with van der Waals surface area (Å²) in [5.74, 6) is -1.14. The number of nitrogens with zero attached hydrogens (tertiary/aromatic N) is 2. The Bertz CT molecular complexity index is 575. The molecule has 0 bridgehead atoms. The number of alkyl halides is 3. The molecule has 0 aliphatic heterocycles. The van der Waals surface area contributed by atoms with Crippen molar-refractivity contribution in [2.75, 3.05) is 5.32 Å². The Kier molecular flexibility index (Phi) is 4.02. The smallest absolute Gasteiger partial charge is 0.406 e. The van der Waals surface area contributed by atoms with Gasteiger partial charge in [-0.15, -0.1) is 13.2 Å². The van der Waals surface area contributed by atoms with Crippen LogP contribution in [0.2, 0.25) is 0 Å². The summed E-state index contributed by atoms with van der Waals surface area (Å²) in [6, 6.07) is 4.46. The van der Waals surface area contributed by atoms with Crippen LogP contribution in [-0.2, 0) is 6.54 Å². The first-order chi connectivity index (χ1) is 9.42. The first-order valence-corrected chi connectivity index (χ1v) is 5.48. The second-order valence-electron chi connectivity index (χ2n) is 3.77. The lowest BCUT2D eigenvalue weighted by molar-refractivity contribution is -0.274. The summed E-state index contributed by atoms with van der Waals surface area (Å²) in [5.41, 5.74) is 0.275. The summed E-state index contributed by atoms with van der Waals surface area (Å²) in [6.07, 6.45) is -1.86. The average molecular weight is 287 g/mol. The van der Waals surface area contributed by atoms with Crippen LogP contribution in [0, 0.1) is 5.82 Å². The molecule has 1 aromatic carbocycles. The van der Waals surface area contributed by atoms with Gasteiger partial charge in [0.15, 0.2) is 0 Å². The standard InChI is InChI=1S/C12H9F4N3O/c13-9-4-8(5-10(6-9)20-12(14,15)16)7-19-11-17-2-1-3-18-11/h1-6H,7H2,(H,17,18,19). The Hall–Kier alpha value is -2.38. The number of hydrogen-bond donors (Lipinski definition) is 1. The van der Waals surface area contributed by atoms with Crippen LogP contribution in [0.3, 0.4) is 0 Å². The van der Waals surface area contributed by atoms with Gasteiger partial charge in [0.25, 0.3) is 0 Å². The molecule has 106 valence electrons. The molecule has 4 nitrogen and oxygen atoms in total. The highest BCUT2D eigenvalue weighted by Crippen LogP contribution is 2.24. The number of benzene rings is 1. The van der Waals surface area contributed by atoms with Gasteiger partial charge >= 0.3 is 6.36 Å². The van der Waals surface area contributed by atoms with Crippen LogP contribution in [0.25, 0.3) is 0 Å². The Morgan fingerprint density at radius 1 is 1.10 bits per heavy atom. The fraction of sp³-hybridized carbons (Fsp3) is 0.167. The van der Waals surface area contributed by atoms with Crippen molar-refractivity contribution >= 4 is 5.95 Å². The van der Waals surface area contributed by atoms with E-state index in [4.69, 9.17) is 0 Å². The molecule has 1 aromatic heterocycles. The number of hydrogen-bond acceptors (Lipinski definition) is 4. The van der Waals surface area contributed by atoms with Gasteiger partial charge in [0.05, 0.1) is 0 Å². The molecule has 2 aromatic rings. The molecule has 8 heteroatoms. The predicted octanol–water partition coefficient (Wildman–Crippen LogP) is 3.13. The van der Waals surface area contributed by atoms with Crippen LogP contribution in [0.15, 0.2) is 36.7 Å². The number of aromatic nitrogens is 2. The molecule has 20 heavy (non-hydrogen) atoms. The van der Waals surface area contributed by atoms with Gasteiger partial charge in [0.2, 0.25) is 5.95 Å². The molecular weight excluding hydrogens is 278 g/mol. The number of anilines is 1. The lowest BCUT2D eigenvalue weighted by Gasteiger charge is -2.11. The van der Waals surface area contributed by atoms with Crippen molar-refractivity contribution in [2.24, 2.45) is 0 Å². The molecule has 0 saturated heterocycles. The normalized spacial score (nSPS) is 11.2. The molecule has 1 N–H and O–H groups in total. The van der Waals surface area contributed by atoms with Crippen molar-refractivity contribution < 1.29 is 22.3 Å². The highest BCUT2D eigenvalue weighted by Gasteiger charge is 2.31. The molecular formula is C12H9F4N3O. The first-order valence-electron chi connectivity index (χ1n) is 5.48. The van der Waals surface area contributed by atoms with Gasteiger partial charge in [-0.1, -0.05) is 0 Å². The van der Waals surface area contributed by atoms with E-state index in [0.717, 1.165) is 12.1 Å². The molecule has 1 heterocycles. The fourth-order valence-electron chi connectivity index (χ4n) is 1.49. The van der Waals surface area contributed by atoms with E-state index in [1.165, 1.54) is 12.4 Å². The van der Waals surface area contributed by atoms with E-state index in [1.807, 2.05) is 0 Å². The molecule has 0 radical (unpaired) electrons. The fourth-order valence-corrected chi connectivity index (χ4v) is 1.49. The van der Waals surface area contributed by atoms with Crippen LogP contribution >= 0.6 is 0 Å². The maximum atomic E-state index is 13.2. The van der Waals surface area contributed by atoms with E-state index in [-0.39, 0.29) is 18.1 Å². The molecule has 0 amide bonds. The third kappa shape index (κ3) is 4.38. The lowest BCUT2D eigenvalue weighted by Crippen LogP contribution is -2.17. The van der Waals surface area contributed by atoms with Gasteiger partial charge in [0.1, 0.15) is 11.6 Å². The van der Waals surface area contributed by atoms with Gasteiger partial charge in [-0.25, -0.2) is 14.4 Å². The van der Waals surface area contributed by atoms with Crippen molar-refractivity contribution in [3.63, 3.8) is 0 Å². The minimum atomic E-state index is -4.86. The molecule has 0 aliphatic rings. The van der Waals surface area contributed by atoms with Crippen molar-refractivity contribution in [1.29, 1.82) is 0 Å². The lowest BCUT2D eigenvalue weighted by atomic mass is 10.2. The molecule has 0 fully saturated rings. The van der Waals surface area contributed by atoms with Crippen LogP contribution in [0.5, 0.6) is 5.75 Å². The van der Waals surface area contributed by atoms with Crippen LogP contribution < -0.4 is 10.1 Å². The third-order valence-corrected chi connectivity index (χ3v) is 2.18. The van der Waals surface area contributed by atoms with Crippen molar-refractivity contribution in [2.45, 2.75) is 12.9 Å². The van der Waals surface area contributed by atoms with Gasteiger partial charge in [-0.2, -0.15) is 0 Å². The Morgan fingerprint density at radius 3 is 2.45 bits per heavy atom. The van der Waals surface area contributed by atoms with Crippen LogP contribution in [-0.4, -0.2) is 16.3 Å². The molecule has 0 aliphatic carbocycles. The monoisotopic (exact) mass is 287 g/mol. The summed E-state index contributed by atoms with van der Waals surface area (Å²) in [6.45, 7) is 0.0655. The summed E-state index contributed by atoms with van der Waals surface area (Å²) in [7, 11) is 0. The van der Waals surface area contributed by atoms with Gasteiger partial charge < -0.3 is 10.1 Å². The summed E-state index contributed by atoms with van der Waals surface area (Å²) >= 11 is 0. The number of ether oxygens (including phenoxy) is 1. The van der Waals surface area contributed by atoms with Gasteiger partial charge in [0, 0.05) is 25.0 Å². The maximum Gasteiger partial charge on any atom is 0.573 e.